The number of carbonyl (C=O) groups is 3. The molecule has 198 valence electrons. The summed E-state index contributed by atoms with van der Waals surface area (Å²) in [6.45, 7) is 0.572. The van der Waals surface area contributed by atoms with Crippen LogP contribution in [-0.2, 0) is 19.4 Å². The molecule has 2 aromatic carbocycles. The van der Waals surface area contributed by atoms with Crippen LogP contribution in [-0.4, -0.2) is 45.0 Å². The van der Waals surface area contributed by atoms with E-state index in [1.165, 1.54) is 11.3 Å². The molecule has 6 rings (SSSR count). The quantitative estimate of drug-likeness (QED) is 0.303. The van der Waals surface area contributed by atoms with Gasteiger partial charge in [-0.15, -0.1) is 11.3 Å². The first-order valence-electron chi connectivity index (χ1n) is 12.3. The van der Waals surface area contributed by atoms with Gasteiger partial charge >= 0.3 is 0 Å². The van der Waals surface area contributed by atoms with Crippen molar-refractivity contribution >= 4 is 45.0 Å². The lowest BCUT2D eigenvalue weighted by Gasteiger charge is -2.24. The lowest BCUT2D eigenvalue weighted by molar-refractivity contribution is 0.0629. The lowest BCUT2D eigenvalue weighted by atomic mass is 10.0. The van der Waals surface area contributed by atoms with Crippen molar-refractivity contribution in [3.05, 3.63) is 97.3 Å². The summed E-state index contributed by atoms with van der Waals surface area (Å²) < 4.78 is 31.3. The summed E-state index contributed by atoms with van der Waals surface area (Å²) in [4.78, 5) is 42.1. The van der Waals surface area contributed by atoms with E-state index in [1.807, 2.05) is 4.68 Å². The van der Waals surface area contributed by atoms with Crippen molar-refractivity contribution in [1.29, 1.82) is 0 Å². The molecule has 1 atom stereocenters. The van der Waals surface area contributed by atoms with E-state index in [1.54, 1.807) is 36.5 Å². The molecule has 0 saturated heterocycles. The van der Waals surface area contributed by atoms with Gasteiger partial charge in [0.25, 0.3) is 17.7 Å². The van der Waals surface area contributed by atoms with Gasteiger partial charge in [-0.25, -0.2) is 8.78 Å². The molecule has 39 heavy (non-hydrogen) atoms. The average molecular weight is 611 g/mol. The van der Waals surface area contributed by atoms with E-state index in [0.29, 0.717) is 4.88 Å². The van der Waals surface area contributed by atoms with Crippen LogP contribution in [0.15, 0.2) is 59.2 Å². The lowest BCUT2D eigenvalue weighted by Crippen LogP contribution is -2.47. The van der Waals surface area contributed by atoms with Crippen LogP contribution < -0.4 is 5.32 Å². The number of nitrogens with one attached hydrogen (secondary N) is 1. The number of thiophene rings is 1. The van der Waals surface area contributed by atoms with Gasteiger partial charge in [0.1, 0.15) is 11.6 Å². The number of rotatable bonds is 6. The molecule has 11 heteroatoms. The van der Waals surface area contributed by atoms with Crippen LogP contribution in [0.5, 0.6) is 0 Å². The Hall–Kier alpha value is -3.70. The topological polar surface area (TPSA) is 84.3 Å². The third-order valence-corrected chi connectivity index (χ3v) is 8.72. The van der Waals surface area contributed by atoms with Crippen LogP contribution in [0.2, 0.25) is 0 Å². The Bertz CT molecular complexity index is 1610. The number of fused-ring (bicyclic) bond motifs is 4. The van der Waals surface area contributed by atoms with Crippen LogP contribution >= 0.6 is 27.3 Å². The zero-order chi connectivity index (χ0) is 27.3. The first-order chi connectivity index (χ1) is 18.8. The standard InChI is InChI=1S/C28H21BrF2N4O3S/c29-21-13-32-35-9-3-6-23-20(25(21)35)12-24(39-23)26(36)33-17(11-15-10-16(30)7-8-22(15)31)14-34-27(37)18-4-1-2-5-19(18)28(34)38/h1-2,4-5,7-8,10,12-13,17H,3,6,9,11,14H2,(H,33,36). The zero-order valence-electron chi connectivity index (χ0n) is 20.4. The molecule has 0 radical (unpaired) electrons. The minimum atomic E-state index is -0.866. The highest BCUT2D eigenvalue weighted by Crippen LogP contribution is 2.38. The van der Waals surface area contributed by atoms with Gasteiger partial charge in [0.2, 0.25) is 0 Å². The van der Waals surface area contributed by atoms with Gasteiger partial charge < -0.3 is 5.32 Å². The molecule has 0 spiro atoms. The molecule has 2 aromatic heterocycles. The van der Waals surface area contributed by atoms with Crippen LogP contribution in [0.3, 0.4) is 0 Å². The number of imide groups is 1. The third-order valence-electron chi connectivity index (χ3n) is 6.95. The van der Waals surface area contributed by atoms with Crippen molar-refractivity contribution in [2.75, 3.05) is 6.54 Å². The molecule has 0 bridgehead atoms. The summed E-state index contributed by atoms with van der Waals surface area (Å²) in [5, 5.41) is 7.29. The summed E-state index contributed by atoms with van der Waals surface area (Å²) >= 11 is 4.91. The Labute approximate surface area is 234 Å². The molecule has 0 aliphatic carbocycles. The Balaban J connectivity index is 1.30. The van der Waals surface area contributed by atoms with Crippen LogP contribution in [0.1, 0.15) is 47.2 Å². The molecule has 7 nitrogen and oxygen atoms in total. The monoisotopic (exact) mass is 610 g/mol. The second kappa shape index (κ2) is 10.1. The number of carbonyl (C=O) groups excluding carboxylic acids is 3. The third kappa shape index (κ3) is 4.70. The van der Waals surface area contributed by atoms with Gasteiger partial charge in [0, 0.05) is 23.5 Å². The van der Waals surface area contributed by atoms with Gasteiger partial charge in [0.15, 0.2) is 0 Å². The molecule has 4 heterocycles. The van der Waals surface area contributed by atoms with Crippen molar-refractivity contribution in [2.45, 2.75) is 31.8 Å². The van der Waals surface area contributed by atoms with Crippen molar-refractivity contribution in [3.63, 3.8) is 0 Å². The van der Waals surface area contributed by atoms with E-state index >= 15 is 0 Å². The molecule has 1 N–H and O–H groups in total. The summed E-state index contributed by atoms with van der Waals surface area (Å²) in [6.07, 6.45) is 3.27. The number of benzene rings is 2. The SMILES string of the molecule is O=C(NC(Cc1cc(F)ccc1F)CN1C(=O)c2ccccc2C1=O)c1cc2c(s1)CCCn1ncc(Br)c1-2. The molecule has 4 aromatic rings. The van der Waals surface area contributed by atoms with Gasteiger partial charge in [0.05, 0.1) is 38.4 Å². The molecule has 0 saturated carbocycles. The van der Waals surface area contributed by atoms with E-state index < -0.39 is 35.4 Å². The number of hydrogen-bond donors (Lipinski definition) is 1. The minimum absolute atomic E-state index is 0.0340. The average Bonchev–Trinajstić information content (AvgIpc) is 3.53. The maximum atomic E-state index is 14.6. The molecule has 2 aliphatic heterocycles. The van der Waals surface area contributed by atoms with Gasteiger partial charge in [-0.1, -0.05) is 12.1 Å². The van der Waals surface area contributed by atoms with Gasteiger partial charge in [-0.3, -0.25) is 24.0 Å². The zero-order valence-corrected chi connectivity index (χ0v) is 22.8. The maximum absolute atomic E-state index is 14.6. The van der Waals surface area contributed by atoms with E-state index in [2.05, 4.69) is 26.3 Å². The van der Waals surface area contributed by atoms with E-state index in [-0.39, 0.29) is 29.7 Å². The fraction of sp³-hybridized carbons (Fsp3) is 0.214. The second-order valence-corrected chi connectivity index (χ2v) is 11.5. The Morgan fingerprint density at radius 1 is 1.08 bits per heavy atom. The number of nitrogens with zero attached hydrogens (tertiary/aromatic N) is 3. The van der Waals surface area contributed by atoms with E-state index in [4.69, 9.17) is 0 Å². The highest BCUT2D eigenvalue weighted by atomic mass is 79.9. The molecular weight excluding hydrogens is 590 g/mol. The molecule has 3 amide bonds. The second-order valence-electron chi connectivity index (χ2n) is 9.49. The molecule has 1 unspecified atom stereocenters. The summed E-state index contributed by atoms with van der Waals surface area (Å²) in [6, 6.07) is 10.5. The minimum Gasteiger partial charge on any atom is -0.346 e. The van der Waals surface area contributed by atoms with Crippen LogP contribution in [0.25, 0.3) is 11.3 Å². The predicted octanol–water partition coefficient (Wildman–Crippen LogP) is 5.24. The normalized spacial score (nSPS) is 15.0. The number of hydrogen-bond acceptors (Lipinski definition) is 5. The smallest absolute Gasteiger partial charge is 0.261 e. The number of halogens is 3. The summed E-state index contributed by atoms with van der Waals surface area (Å²) in [5.74, 6) is -2.67. The van der Waals surface area contributed by atoms with Gasteiger partial charge in [-0.05, 0) is 77.2 Å². The van der Waals surface area contributed by atoms with Crippen LogP contribution in [0, 0.1) is 11.6 Å². The predicted molar refractivity (Wildman–Crippen MR) is 145 cm³/mol. The Morgan fingerprint density at radius 2 is 1.82 bits per heavy atom. The van der Waals surface area contributed by atoms with Crippen molar-refractivity contribution in [2.24, 2.45) is 0 Å². The van der Waals surface area contributed by atoms with Gasteiger partial charge in [-0.2, -0.15) is 5.10 Å². The first-order valence-corrected chi connectivity index (χ1v) is 14.0. The fourth-order valence-electron chi connectivity index (χ4n) is 5.12. The Morgan fingerprint density at radius 3 is 2.56 bits per heavy atom. The maximum Gasteiger partial charge on any atom is 0.261 e. The van der Waals surface area contributed by atoms with E-state index in [9.17, 15) is 23.2 Å². The number of aromatic nitrogens is 2. The summed E-state index contributed by atoms with van der Waals surface area (Å²) in [7, 11) is 0. The Kier molecular flexibility index (Phi) is 6.64. The number of amides is 3. The largest absolute Gasteiger partial charge is 0.346 e. The molecule has 2 aliphatic rings. The van der Waals surface area contributed by atoms with Crippen molar-refractivity contribution < 1.29 is 23.2 Å². The molecule has 0 fully saturated rings. The number of aryl methyl sites for hydroxylation is 2. The fourth-order valence-corrected chi connectivity index (χ4v) is 6.74. The van der Waals surface area contributed by atoms with Crippen LogP contribution in [0.4, 0.5) is 8.78 Å². The van der Waals surface area contributed by atoms with Crippen molar-refractivity contribution in [3.8, 4) is 11.3 Å². The highest BCUT2D eigenvalue weighted by Gasteiger charge is 2.37. The van der Waals surface area contributed by atoms with E-state index in [0.717, 1.165) is 63.1 Å². The summed E-state index contributed by atoms with van der Waals surface area (Å²) in [5.41, 5.74) is 2.40. The molecular formula is C28H21BrF2N4O3S. The van der Waals surface area contributed by atoms with Crippen molar-refractivity contribution in [1.82, 2.24) is 20.0 Å². The highest BCUT2D eigenvalue weighted by molar-refractivity contribution is 9.10. The first kappa shape index (κ1) is 25.6.